The lowest BCUT2D eigenvalue weighted by Crippen LogP contribution is -2.19. The smallest absolute Gasteiger partial charge is 0.183 e. The van der Waals surface area contributed by atoms with E-state index in [2.05, 4.69) is 48.4 Å². The number of hydrogen-bond donors (Lipinski definition) is 1. The second kappa shape index (κ2) is 7.09. The molecule has 0 bridgehead atoms. The lowest BCUT2D eigenvalue weighted by molar-refractivity contribution is 0.347. The van der Waals surface area contributed by atoms with Crippen LogP contribution in [0.2, 0.25) is 0 Å². The maximum Gasteiger partial charge on any atom is 0.183 e. The minimum absolute atomic E-state index is 0.239. The minimum Gasteiger partial charge on any atom is -0.493 e. The van der Waals surface area contributed by atoms with Gasteiger partial charge in [0.25, 0.3) is 0 Å². The number of aromatic nitrogens is 1. The molecule has 0 aliphatic carbocycles. The summed E-state index contributed by atoms with van der Waals surface area (Å²) in [7, 11) is 3.26. The molecular weight excluding hydrogens is 264 g/mol. The molecule has 4 nitrogen and oxygen atoms in total. The molecule has 0 saturated heterocycles. The van der Waals surface area contributed by atoms with Crippen LogP contribution < -0.4 is 14.8 Å². The van der Waals surface area contributed by atoms with Gasteiger partial charge in [0, 0.05) is 24.8 Å². The van der Waals surface area contributed by atoms with Crippen LogP contribution in [-0.4, -0.2) is 19.2 Å². The van der Waals surface area contributed by atoms with Crippen LogP contribution in [0.5, 0.6) is 11.5 Å². The average Bonchev–Trinajstić information content (AvgIpc) is 2.51. The summed E-state index contributed by atoms with van der Waals surface area (Å²) in [5, 5.41) is 3.47. The SMILES string of the molecule is COc1ccnc(CN[C@H](C)c2cccc(C)c2)c1OC. The molecule has 0 fully saturated rings. The van der Waals surface area contributed by atoms with Crippen molar-refractivity contribution in [3.05, 3.63) is 53.3 Å². The van der Waals surface area contributed by atoms with Gasteiger partial charge in [-0.1, -0.05) is 29.8 Å². The van der Waals surface area contributed by atoms with Crippen LogP contribution in [0, 0.1) is 6.92 Å². The molecule has 1 atom stereocenters. The first-order chi connectivity index (χ1) is 10.2. The van der Waals surface area contributed by atoms with Crippen molar-refractivity contribution >= 4 is 0 Å². The number of ether oxygens (including phenoxy) is 2. The molecule has 0 amide bonds. The molecule has 4 heteroatoms. The maximum atomic E-state index is 5.40. The molecule has 0 unspecified atom stereocenters. The summed E-state index contributed by atoms with van der Waals surface area (Å²) in [5.74, 6) is 1.39. The highest BCUT2D eigenvalue weighted by Crippen LogP contribution is 2.29. The molecule has 0 radical (unpaired) electrons. The summed E-state index contributed by atoms with van der Waals surface area (Å²) in [6.07, 6.45) is 1.73. The number of nitrogens with zero attached hydrogens (tertiary/aromatic N) is 1. The fraction of sp³-hybridized carbons (Fsp3) is 0.353. The van der Waals surface area contributed by atoms with E-state index in [1.807, 2.05) is 0 Å². The molecular formula is C17H22N2O2. The van der Waals surface area contributed by atoms with E-state index < -0.39 is 0 Å². The van der Waals surface area contributed by atoms with Gasteiger partial charge >= 0.3 is 0 Å². The number of nitrogens with one attached hydrogen (secondary N) is 1. The van der Waals surface area contributed by atoms with Gasteiger partial charge < -0.3 is 14.8 Å². The maximum absolute atomic E-state index is 5.40. The fourth-order valence-electron chi connectivity index (χ4n) is 2.28. The average molecular weight is 286 g/mol. The lowest BCUT2D eigenvalue weighted by Gasteiger charge is -2.16. The van der Waals surface area contributed by atoms with E-state index in [1.165, 1.54) is 11.1 Å². The normalized spacial score (nSPS) is 12.0. The van der Waals surface area contributed by atoms with E-state index in [0.717, 1.165) is 5.69 Å². The largest absolute Gasteiger partial charge is 0.493 e. The van der Waals surface area contributed by atoms with Crippen molar-refractivity contribution in [2.75, 3.05) is 14.2 Å². The molecule has 2 aromatic rings. The number of pyridine rings is 1. The predicted octanol–water partition coefficient (Wildman–Crippen LogP) is 3.26. The molecule has 1 heterocycles. The second-order valence-electron chi connectivity index (χ2n) is 5.01. The highest BCUT2D eigenvalue weighted by atomic mass is 16.5. The van der Waals surface area contributed by atoms with Gasteiger partial charge in [-0.3, -0.25) is 4.98 Å². The highest BCUT2D eigenvalue weighted by molar-refractivity contribution is 5.42. The summed E-state index contributed by atoms with van der Waals surface area (Å²) in [6, 6.07) is 10.5. The van der Waals surface area contributed by atoms with E-state index in [-0.39, 0.29) is 6.04 Å². The van der Waals surface area contributed by atoms with Gasteiger partial charge in [-0.15, -0.1) is 0 Å². The van der Waals surface area contributed by atoms with Gasteiger partial charge in [0.1, 0.15) is 0 Å². The standard InChI is InChI=1S/C17H22N2O2/c1-12-6-5-7-14(10-12)13(2)19-11-15-17(21-4)16(20-3)8-9-18-15/h5-10,13,19H,11H2,1-4H3/t13-/m1/s1. The summed E-state index contributed by atoms with van der Waals surface area (Å²) in [5.41, 5.74) is 3.37. The quantitative estimate of drug-likeness (QED) is 0.885. The van der Waals surface area contributed by atoms with Crippen LogP contribution >= 0.6 is 0 Å². The van der Waals surface area contributed by atoms with Crippen molar-refractivity contribution in [1.82, 2.24) is 10.3 Å². The molecule has 1 aromatic heterocycles. The Bertz CT molecular complexity index is 599. The highest BCUT2D eigenvalue weighted by Gasteiger charge is 2.12. The van der Waals surface area contributed by atoms with Crippen molar-refractivity contribution < 1.29 is 9.47 Å². The van der Waals surface area contributed by atoms with Gasteiger partial charge in [-0.2, -0.15) is 0 Å². The molecule has 1 N–H and O–H groups in total. The monoisotopic (exact) mass is 286 g/mol. The Kier molecular flexibility index (Phi) is 5.17. The van der Waals surface area contributed by atoms with E-state index in [0.29, 0.717) is 18.0 Å². The van der Waals surface area contributed by atoms with E-state index in [1.54, 1.807) is 26.5 Å². The number of aryl methyl sites for hydroxylation is 1. The third kappa shape index (κ3) is 3.73. The first-order valence-corrected chi connectivity index (χ1v) is 7.01. The number of hydrogen-bond acceptors (Lipinski definition) is 4. The van der Waals surface area contributed by atoms with Crippen molar-refractivity contribution in [2.24, 2.45) is 0 Å². The Balaban J connectivity index is 2.09. The number of methoxy groups -OCH3 is 2. The zero-order valence-corrected chi connectivity index (χ0v) is 13.0. The van der Waals surface area contributed by atoms with Crippen LogP contribution in [0.15, 0.2) is 36.5 Å². The van der Waals surface area contributed by atoms with Crippen molar-refractivity contribution in [1.29, 1.82) is 0 Å². The predicted molar refractivity (Wildman–Crippen MR) is 83.8 cm³/mol. The third-order valence-electron chi connectivity index (χ3n) is 3.48. The van der Waals surface area contributed by atoms with Gasteiger partial charge in [0.15, 0.2) is 11.5 Å². The van der Waals surface area contributed by atoms with Crippen LogP contribution in [0.1, 0.15) is 29.8 Å². The minimum atomic E-state index is 0.239. The summed E-state index contributed by atoms with van der Waals surface area (Å²) >= 11 is 0. The van der Waals surface area contributed by atoms with Crippen LogP contribution in [0.3, 0.4) is 0 Å². The molecule has 2 rings (SSSR count). The Morgan fingerprint density at radius 2 is 2.00 bits per heavy atom. The fourth-order valence-corrected chi connectivity index (χ4v) is 2.28. The van der Waals surface area contributed by atoms with Crippen LogP contribution in [0.4, 0.5) is 0 Å². The molecule has 112 valence electrons. The molecule has 21 heavy (non-hydrogen) atoms. The summed E-state index contributed by atoms with van der Waals surface area (Å²) in [6.45, 7) is 4.86. The van der Waals surface area contributed by atoms with E-state index in [9.17, 15) is 0 Å². The van der Waals surface area contributed by atoms with Crippen LogP contribution in [0.25, 0.3) is 0 Å². The first kappa shape index (κ1) is 15.3. The lowest BCUT2D eigenvalue weighted by atomic mass is 10.1. The third-order valence-corrected chi connectivity index (χ3v) is 3.48. The Morgan fingerprint density at radius 3 is 2.67 bits per heavy atom. The van der Waals surface area contributed by atoms with E-state index in [4.69, 9.17) is 9.47 Å². The number of rotatable bonds is 6. The van der Waals surface area contributed by atoms with Gasteiger partial charge in [-0.05, 0) is 19.4 Å². The van der Waals surface area contributed by atoms with Crippen molar-refractivity contribution in [2.45, 2.75) is 26.4 Å². The summed E-state index contributed by atoms with van der Waals surface area (Å²) < 4.78 is 10.7. The van der Waals surface area contributed by atoms with Crippen molar-refractivity contribution in [3.8, 4) is 11.5 Å². The molecule has 0 aliphatic heterocycles. The number of benzene rings is 1. The Labute approximate surface area is 126 Å². The molecule has 1 aromatic carbocycles. The Morgan fingerprint density at radius 1 is 1.19 bits per heavy atom. The zero-order valence-electron chi connectivity index (χ0n) is 13.0. The summed E-state index contributed by atoms with van der Waals surface area (Å²) in [4.78, 5) is 4.37. The van der Waals surface area contributed by atoms with Crippen molar-refractivity contribution in [3.63, 3.8) is 0 Å². The second-order valence-corrected chi connectivity index (χ2v) is 5.01. The Hall–Kier alpha value is -2.07. The van der Waals surface area contributed by atoms with Crippen LogP contribution in [-0.2, 0) is 6.54 Å². The molecule has 0 spiro atoms. The molecule has 0 saturated carbocycles. The van der Waals surface area contributed by atoms with Gasteiger partial charge in [0.2, 0.25) is 0 Å². The van der Waals surface area contributed by atoms with Gasteiger partial charge in [-0.25, -0.2) is 0 Å². The van der Waals surface area contributed by atoms with Gasteiger partial charge in [0.05, 0.1) is 19.9 Å². The topological polar surface area (TPSA) is 43.4 Å². The zero-order chi connectivity index (χ0) is 15.2. The molecule has 0 aliphatic rings. The van der Waals surface area contributed by atoms with E-state index >= 15 is 0 Å². The first-order valence-electron chi connectivity index (χ1n) is 7.01.